The Bertz CT molecular complexity index is 986. The van der Waals surface area contributed by atoms with E-state index >= 15 is 0 Å². The van der Waals surface area contributed by atoms with E-state index in [4.69, 9.17) is 4.74 Å². The van der Waals surface area contributed by atoms with Crippen molar-refractivity contribution in [3.05, 3.63) is 57.6 Å². The van der Waals surface area contributed by atoms with Crippen LogP contribution in [0.2, 0.25) is 0 Å². The summed E-state index contributed by atoms with van der Waals surface area (Å²) in [6.07, 6.45) is -1.24. The van der Waals surface area contributed by atoms with Gasteiger partial charge in [-0.05, 0) is 69.7 Å². The summed E-state index contributed by atoms with van der Waals surface area (Å²) in [6.45, 7) is 15.8. The van der Waals surface area contributed by atoms with Crippen LogP contribution < -0.4 is 9.64 Å². The van der Waals surface area contributed by atoms with Gasteiger partial charge in [-0.1, -0.05) is 38.1 Å². The Morgan fingerprint density at radius 1 is 1.10 bits per heavy atom. The number of anilines is 1. The standard InChI is InChI=1S/C26H35NO4/c1-14(2)18-9-11-19(12-10-18)23(28)21-17(5)22(27(25(29)30)26(6,7)8)16(4)20-13-15(3)31-24(20)21/h9-12,14-15,23,28H,13H2,1-8H3,(H,29,30). The number of carboxylic acid groups (broad SMARTS) is 1. The van der Waals surface area contributed by atoms with Crippen LogP contribution in [-0.2, 0) is 6.42 Å². The van der Waals surface area contributed by atoms with E-state index in [0.29, 0.717) is 29.3 Å². The number of carbonyl (C=O) groups is 1. The first-order valence-electron chi connectivity index (χ1n) is 11.0. The van der Waals surface area contributed by atoms with Gasteiger partial charge < -0.3 is 14.9 Å². The Balaban J connectivity index is 2.25. The molecule has 2 atom stereocenters. The number of hydrogen-bond acceptors (Lipinski definition) is 3. The lowest BCUT2D eigenvalue weighted by atomic mass is 9.87. The molecule has 0 saturated heterocycles. The molecular formula is C26H35NO4. The molecule has 2 aromatic carbocycles. The number of nitrogens with zero attached hydrogens (tertiary/aromatic N) is 1. The topological polar surface area (TPSA) is 70.0 Å². The number of fused-ring (bicyclic) bond motifs is 1. The molecule has 0 bridgehead atoms. The highest BCUT2D eigenvalue weighted by atomic mass is 16.5. The molecule has 0 aromatic heterocycles. The smallest absolute Gasteiger partial charge is 0.412 e. The molecule has 0 radical (unpaired) electrons. The van der Waals surface area contributed by atoms with Gasteiger partial charge in [0.2, 0.25) is 0 Å². The third kappa shape index (κ3) is 4.16. The largest absolute Gasteiger partial charge is 0.490 e. The lowest BCUT2D eigenvalue weighted by Gasteiger charge is -2.37. The molecule has 3 rings (SSSR count). The summed E-state index contributed by atoms with van der Waals surface area (Å²) in [5.41, 5.74) is 5.27. The summed E-state index contributed by atoms with van der Waals surface area (Å²) in [7, 11) is 0. The molecule has 5 heteroatoms. The van der Waals surface area contributed by atoms with Gasteiger partial charge in [-0.2, -0.15) is 0 Å². The summed E-state index contributed by atoms with van der Waals surface area (Å²) in [5, 5.41) is 21.5. The third-order valence-corrected chi connectivity index (χ3v) is 6.17. The Labute approximate surface area is 185 Å². The first-order chi connectivity index (χ1) is 14.3. The Morgan fingerprint density at radius 2 is 1.65 bits per heavy atom. The normalized spacial score (nSPS) is 16.8. The fourth-order valence-electron chi connectivity index (χ4n) is 4.58. The molecular weight excluding hydrogens is 390 g/mol. The number of rotatable bonds is 4. The number of aliphatic hydroxyl groups excluding tert-OH is 1. The minimum atomic E-state index is -1.01. The maximum atomic E-state index is 12.3. The maximum absolute atomic E-state index is 12.3. The minimum Gasteiger partial charge on any atom is -0.490 e. The van der Waals surface area contributed by atoms with Gasteiger partial charge >= 0.3 is 6.09 Å². The summed E-state index contributed by atoms with van der Waals surface area (Å²) in [4.78, 5) is 13.7. The van der Waals surface area contributed by atoms with Crippen LogP contribution in [-0.4, -0.2) is 27.9 Å². The van der Waals surface area contributed by atoms with E-state index in [1.54, 1.807) is 0 Å². The van der Waals surface area contributed by atoms with Gasteiger partial charge in [0, 0.05) is 23.1 Å². The molecule has 168 valence electrons. The second-order valence-corrected chi connectivity index (χ2v) is 9.97. The quantitative estimate of drug-likeness (QED) is 0.619. The van der Waals surface area contributed by atoms with E-state index in [-0.39, 0.29) is 6.10 Å². The Hall–Kier alpha value is -2.53. The third-order valence-electron chi connectivity index (χ3n) is 6.17. The van der Waals surface area contributed by atoms with Crippen LogP contribution in [0.1, 0.15) is 86.9 Å². The number of hydrogen-bond donors (Lipinski definition) is 2. The molecule has 1 amide bonds. The van der Waals surface area contributed by atoms with Gasteiger partial charge in [0.05, 0.1) is 5.69 Å². The first-order valence-corrected chi connectivity index (χ1v) is 11.0. The summed E-state index contributed by atoms with van der Waals surface area (Å²) < 4.78 is 6.16. The molecule has 1 aliphatic heterocycles. The van der Waals surface area contributed by atoms with Gasteiger partial charge in [-0.25, -0.2) is 4.79 Å². The van der Waals surface area contributed by atoms with Crippen molar-refractivity contribution < 1.29 is 19.7 Å². The van der Waals surface area contributed by atoms with Crippen LogP contribution in [0.25, 0.3) is 0 Å². The van der Waals surface area contributed by atoms with E-state index in [1.165, 1.54) is 10.5 Å². The summed E-state index contributed by atoms with van der Waals surface area (Å²) in [5.74, 6) is 1.11. The van der Waals surface area contributed by atoms with Crippen LogP contribution in [0.15, 0.2) is 24.3 Å². The van der Waals surface area contributed by atoms with Crippen molar-refractivity contribution in [1.29, 1.82) is 0 Å². The second-order valence-electron chi connectivity index (χ2n) is 9.97. The van der Waals surface area contributed by atoms with Gasteiger partial charge in [0.25, 0.3) is 0 Å². The van der Waals surface area contributed by atoms with E-state index < -0.39 is 17.7 Å². The molecule has 0 spiro atoms. The van der Waals surface area contributed by atoms with E-state index in [9.17, 15) is 15.0 Å². The van der Waals surface area contributed by atoms with Crippen molar-refractivity contribution >= 4 is 11.8 Å². The summed E-state index contributed by atoms with van der Waals surface area (Å²) >= 11 is 0. The molecule has 1 heterocycles. The van der Waals surface area contributed by atoms with Crippen LogP contribution in [0.3, 0.4) is 0 Å². The fourth-order valence-corrected chi connectivity index (χ4v) is 4.58. The predicted octanol–water partition coefficient (Wildman–Crippen LogP) is 6.11. The highest BCUT2D eigenvalue weighted by Crippen LogP contribution is 2.48. The fraction of sp³-hybridized carbons (Fsp3) is 0.500. The molecule has 0 fully saturated rings. The van der Waals surface area contributed by atoms with Crippen molar-refractivity contribution in [3.63, 3.8) is 0 Å². The van der Waals surface area contributed by atoms with Gasteiger partial charge in [0.15, 0.2) is 0 Å². The van der Waals surface area contributed by atoms with Crippen molar-refractivity contribution in [2.75, 3.05) is 4.90 Å². The maximum Gasteiger partial charge on any atom is 0.412 e. The molecule has 5 nitrogen and oxygen atoms in total. The zero-order valence-corrected chi connectivity index (χ0v) is 19.9. The van der Waals surface area contributed by atoms with Crippen LogP contribution in [0.4, 0.5) is 10.5 Å². The molecule has 31 heavy (non-hydrogen) atoms. The average Bonchev–Trinajstić information content (AvgIpc) is 3.05. The monoisotopic (exact) mass is 425 g/mol. The zero-order valence-electron chi connectivity index (χ0n) is 19.9. The van der Waals surface area contributed by atoms with Crippen molar-refractivity contribution in [2.24, 2.45) is 0 Å². The molecule has 0 saturated carbocycles. The number of amides is 1. The SMILES string of the molecule is Cc1c2c(c(C(O)c3ccc(C(C)C)cc3)c(C)c1N(C(=O)O)C(C)(C)C)OC(C)C2. The van der Waals surface area contributed by atoms with E-state index in [1.807, 2.05) is 65.8 Å². The van der Waals surface area contributed by atoms with E-state index in [0.717, 1.165) is 22.3 Å². The number of benzene rings is 2. The van der Waals surface area contributed by atoms with Gasteiger partial charge in [0.1, 0.15) is 18.0 Å². The molecule has 2 aromatic rings. The van der Waals surface area contributed by atoms with Crippen LogP contribution >= 0.6 is 0 Å². The number of aliphatic hydroxyl groups is 1. The Kier molecular flexibility index (Phi) is 6.12. The lowest BCUT2D eigenvalue weighted by Crippen LogP contribution is -2.46. The van der Waals surface area contributed by atoms with Crippen molar-refractivity contribution in [1.82, 2.24) is 0 Å². The van der Waals surface area contributed by atoms with Crippen LogP contribution in [0, 0.1) is 13.8 Å². The Morgan fingerprint density at radius 3 is 2.13 bits per heavy atom. The molecule has 2 N–H and O–H groups in total. The molecule has 1 aliphatic rings. The zero-order chi connectivity index (χ0) is 23.2. The predicted molar refractivity (Wildman–Crippen MR) is 125 cm³/mol. The summed E-state index contributed by atoms with van der Waals surface area (Å²) in [6, 6.07) is 7.97. The lowest BCUT2D eigenvalue weighted by molar-refractivity contribution is 0.194. The van der Waals surface area contributed by atoms with Gasteiger partial charge in [-0.15, -0.1) is 0 Å². The highest BCUT2D eigenvalue weighted by Gasteiger charge is 2.37. The van der Waals surface area contributed by atoms with Gasteiger partial charge in [-0.3, -0.25) is 4.90 Å². The van der Waals surface area contributed by atoms with Crippen molar-refractivity contribution in [2.45, 2.75) is 85.5 Å². The van der Waals surface area contributed by atoms with Crippen molar-refractivity contribution in [3.8, 4) is 5.75 Å². The molecule has 2 unspecified atom stereocenters. The second kappa shape index (κ2) is 8.19. The van der Waals surface area contributed by atoms with Crippen LogP contribution in [0.5, 0.6) is 5.75 Å². The average molecular weight is 426 g/mol. The highest BCUT2D eigenvalue weighted by molar-refractivity contribution is 5.91. The molecule has 0 aliphatic carbocycles. The number of ether oxygens (including phenoxy) is 1. The first kappa shape index (κ1) is 23.1. The van der Waals surface area contributed by atoms with E-state index in [2.05, 4.69) is 13.8 Å². The minimum absolute atomic E-state index is 0.0227.